The fraction of sp³-hybridized carbons (Fsp3) is 0.238. The maximum Gasteiger partial charge on any atom is 0.242 e. The number of nitrogens with zero attached hydrogens (tertiary/aromatic N) is 5. The Bertz CT molecular complexity index is 1160. The van der Waals surface area contributed by atoms with E-state index in [-0.39, 0.29) is 12.5 Å². The van der Waals surface area contributed by atoms with Gasteiger partial charge in [0.05, 0.1) is 28.6 Å². The maximum absolute atomic E-state index is 12.6. The first-order valence-corrected chi connectivity index (χ1v) is 10.2. The van der Waals surface area contributed by atoms with Gasteiger partial charge in [0, 0.05) is 18.1 Å². The van der Waals surface area contributed by atoms with E-state index in [0.717, 1.165) is 38.9 Å². The van der Waals surface area contributed by atoms with Crippen LogP contribution in [0.5, 0.6) is 0 Å². The third kappa shape index (κ3) is 3.80. The zero-order valence-electron chi connectivity index (χ0n) is 16.3. The second-order valence-corrected chi connectivity index (χ2v) is 7.55. The van der Waals surface area contributed by atoms with Gasteiger partial charge in [-0.1, -0.05) is 30.3 Å². The summed E-state index contributed by atoms with van der Waals surface area (Å²) in [6, 6.07) is 12.1. The Labute approximate surface area is 176 Å². The van der Waals surface area contributed by atoms with Crippen molar-refractivity contribution < 1.29 is 4.79 Å². The van der Waals surface area contributed by atoms with Gasteiger partial charge in [0.1, 0.15) is 6.54 Å². The fourth-order valence-corrected chi connectivity index (χ4v) is 3.90. The molecule has 0 aliphatic carbocycles. The Morgan fingerprint density at radius 1 is 1.17 bits per heavy atom. The van der Waals surface area contributed by atoms with E-state index in [0.29, 0.717) is 12.2 Å². The van der Waals surface area contributed by atoms with E-state index in [4.69, 9.17) is 0 Å². The molecular formula is C21H21BrN6O. The van der Waals surface area contributed by atoms with Gasteiger partial charge in [-0.25, -0.2) is 9.67 Å². The number of hydrogen-bond donors (Lipinski definition) is 1. The standard InChI is InChI=1S/C21H21BrN6O/c1-3-27-18(17(22)11-25-27)12-24-19(29)13-28-21-20(14(2)26-28)16(9-10-23-21)15-7-5-4-6-8-15/h4-11H,3,12-13H2,1-2H3,(H,24,29). The molecule has 7 nitrogen and oxygen atoms in total. The van der Waals surface area contributed by atoms with Gasteiger partial charge >= 0.3 is 0 Å². The van der Waals surface area contributed by atoms with E-state index in [1.165, 1.54) is 0 Å². The zero-order valence-corrected chi connectivity index (χ0v) is 17.8. The molecule has 0 saturated heterocycles. The van der Waals surface area contributed by atoms with Crippen LogP contribution in [-0.2, 0) is 24.4 Å². The number of halogens is 1. The highest BCUT2D eigenvalue weighted by Gasteiger charge is 2.16. The molecular weight excluding hydrogens is 432 g/mol. The lowest BCUT2D eigenvalue weighted by atomic mass is 10.0. The van der Waals surface area contributed by atoms with Crippen molar-refractivity contribution in [3.63, 3.8) is 0 Å². The van der Waals surface area contributed by atoms with E-state index < -0.39 is 0 Å². The minimum Gasteiger partial charge on any atom is -0.349 e. The van der Waals surface area contributed by atoms with E-state index in [1.807, 2.05) is 42.8 Å². The van der Waals surface area contributed by atoms with Gasteiger partial charge in [-0.15, -0.1) is 0 Å². The SMILES string of the molecule is CCn1ncc(Br)c1CNC(=O)Cn1nc(C)c2c(-c3ccccc3)ccnc21. The monoisotopic (exact) mass is 452 g/mol. The van der Waals surface area contributed by atoms with Crippen LogP contribution < -0.4 is 5.32 Å². The average molecular weight is 453 g/mol. The second-order valence-electron chi connectivity index (χ2n) is 6.70. The summed E-state index contributed by atoms with van der Waals surface area (Å²) in [5.74, 6) is -0.128. The molecule has 1 aromatic carbocycles. The zero-order chi connectivity index (χ0) is 20.4. The summed E-state index contributed by atoms with van der Waals surface area (Å²) in [5.41, 5.74) is 4.66. The molecule has 0 aliphatic heterocycles. The van der Waals surface area contributed by atoms with Gasteiger partial charge in [0.2, 0.25) is 5.91 Å². The summed E-state index contributed by atoms with van der Waals surface area (Å²) in [5, 5.41) is 12.8. The number of rotatable bonds is 6. The number of aromatic nitrogens is 5. The van der Waals surface area contributed by atoms with Gasteiger partial charge in [0.25, 0.3) is 0 Å². The number of amides is 1. The molecule has 8 heteroatoms. The van der Waals surface area contributed by atoms with Crippen LogP contribution in [0.3, 0.4) is 0 Å². The largest absolute Gasteiger partial charge is 0.349 e. The van der Waals surface area contributed by atoms with Crippen LogP contribution >= 0.6 is 15.9 Å². The molecule has 0 spiro atoms. The van der Waals surface area contributed by atoms with Gasteiger partial charge in [-0.2, -0.15) is 10.2 Å². The molecule has 3 heterocycles. The fourth-order valence-electron chi connectivity index (χ4n) is 3.46. The number of hydrogen-bond acceptors (Lipinski definition) is 4. The molecule has 1 N–H and O–H groups in total. The average Bonchev–Trinajstić information content (AvgIpc) is 3.26. The van der Waals surface area contributed by atoms with Crippen LogP contribution in [0.15, 0.2) is 53.3 Å². The second kappa shape index (κ2) is 8.16. The molecule has 4 rings (SSSR count). The third-order valence-corrected chi connectivity index (χ3v) is 5.50. The van der Waals surface area contributed by atoms with Gasteiger partial charge in [-0.05, 0) is 47.0 Å². The summed E-state index contributed by atoms with van der Waals surface area (Å²) in [6.07, 6.45) is 3.50. The number of carbonyl (C=O) groups is 1. The van der Waals surface area contributed by atoms with Crippen LogP contribution in [-0.4, -0.2) is 30.5 Å². The normalized spacial score (nSPS) is 11.1. The first-order chi connectivity index (χ1) is 14.1. The Kier molecular flexibility index (Phi) is 5.44. The summed E-state index contributed by atoms with van der Waals surface area (Å²) in [6.45, 7) is 5.20. The van der Waals surface area contributed by atoms with Gasteiger partial charge in [0.15, 0.2) is 5.65 Å². The van der Waals surface area contributed by atoms with Crippen LogP contribution in [0.2, 0.25) is 0 Å². The quantitative estimate of drug-likeness (QED) is 0.483. The van der Waals surface area contributed by atoms with E-state index >= 15 is 0 Å². The summed E-state index contributed by atoms with van der Waals surface area (Å²) >= 11 is 3.48. The first-order valence-electron chi connectivity index (χ1n) is 9.43. The Morgan fingerprint density at radius 3 is 2.72 bits per heavy atom. The topological polar surface area (TPSA) is 77.6 Å². The molecule has 4 aromatic rings. The highest BCUT2D eigenvalue weighted by Crippen LogP contribution is 2.29. The van der Waals surface area contributed by atoms with Crippen molar-refractivity contribution in [3.8, 4) is 11.1 Å². The van der Waals surface area contributed by atoms with Gasteiger partial charge < -0.3 is 5.32 Å². The van der Waals surface area contributed by atoms with Crippen LogP contribution in [0.1, 0.15) is 18.3 Å². The number of pyridine rings is 1. The molecule has 0 atom stereocenters. The highest BCUT2D eigenvalue weighted by atomic mass is 79.9. The number of benzene rings is 1. The van der Waals surface area contributed by atoms with E-state index in [2.05, 4.69) is 48.6 Å². The molecule has 0 fully saturated rings. The lowest BCUT2D eigenvalue weighted by Crippen LogP contribution is -2.28. The Balaban J connectivity index is 1.57. The van der Waals surface area contributed by atoms with Crippen LogP contribution in [0.25, 0.3) is 22.2 Å². The van der Waals surface area contributed by atoms with Crippen molar-refractivity contribution in [1.82, 2.24) is 29.9 Å². The third-order valence-electron chi connectivity index (χ3n) is 4.84. The van der Waals surface area contributed by atoms with Crippen molar-refractivity contribution in [1.29, 1.82) is 0 Å². The number of nitrogens with one attached hydrogen (secondary N) is 1. The molecule has 0 unspecified atom stereocenters. The minimum atomic E-state index is -0.128. The van der Waals surface area contributed by atoms with Crippen molar-refractivity contribution in [2.45, 2.75) is 33.5 Å². The van der Waals surface area contributed by atoms with Crippen molar-refractivity contribution in [2.24, 2.45) is 0 Å². The van der Waals surface area contributed by atoms with Crippen molar-refractivity contribution >= 4 is 32.9 Å². The predicted octanol–water partition coefficient (Wildman–Crippen LogP) is 3.70. The van der Waals surface area contributed by atoms with Gasteiger partial charge in [-0.3, -0.25) is 9.48 Å². The number of carbonyl (C=O) groups excluding carboxylic acids is 1. The molecule has 3 aromatic heterocycles. The number of aryl methyl sites for hydroxylation is 2. The molecule has 0 bridgehead atoms. The summed E-state index contributed by atoms with van der Waals surface area (Å²) < 4.78 is 4.40. The summed E-state index contributed by atoms with van der Waals surface area (Å²) in [4.78, 5) is 17.1. The highest BCUT2D eigenvalue weighted by molar-refractivity contribution is 9.10. The summed E-state index contributed by atoms with van der Waals surface area (Å²) in [7, 11) is 0. The Morgan fingerprint density at radius 2 is 1.97 bits per heavy atom. The molecule has 0 aliphatic rings. The smallest absolute Gasteiger partial charge is 0.242 e. The molecule has 0 saturated carbocycles. The van der Waals surface area contributed by atoms with Crippen LogP contribution in [0.4, 0.5) is 0 Å². The predicted molar refractivity (Wildman–Crippen MR) is 115 cm³/mol. The maximum atomic E-state index is 12.6. The van der Waals surface area contributed by atoms with Crippen LogP contribution in [0, 0.1) is 6.92 Å². The van der Waals surface area contributed by atoms with Crippen molar-refractivity contribution in [2.75, 3.05) is 0 Å². The number of fused-ring (bicyclic) bond motifs is 1. The Hall–Kier alpha value is -3.00. The molecule has 29 heavy (non-hydrogen) atoms. The lowest BCUT2D eigenvalue weighted by Gasteiger charge is -2.09. The minimum absolute atomic E-state index is 0.105. The molecule has 1 amide bonds. The molecule has 0 radical (unpaired) electrons. The molecule has 148 valence electrons. The van der Waals surface area contributed by atoms with E-state index in [9.17, 15) is 4.79 Å². The van der Waals surface area contributed by atoms with Crippen molar-refractivity contribution in [3.05, 3.63) is 64.7 Å². The first kappa shape index (κ1) is 19.3. The lowest BCUT2D eigenvalue weighted by molar-refractivity contribution is -0.122. The van der Waals surface area contributed by atoms with E-state index in [1.54, 1.807) is 17.1 Å².